The number of rotatable bonds is 1. The van der Waals surface area contributed by atoms with Gasteiger partial charge in [0.2, 0.25) is 0 Å². The van der Waals surface area contributed by atoms with Gasteiger partial charge in [-0.05, 0) is 6.92 Å². The second kappa shape index (κ2) is 2.66. The van der Waals surface area contributed by atoms with E-state index in [4.69, 9.17) is 5.73 Å². The molecular formula is C5H6N2O2S. The quantitative estimate of drug-likeness (QED) is 0.660. The Morgan fingerprint density at radius 2 is 2.60 bits per heavy atom. The number of aromatic nitrogens is 1. The number of carbonyl (C=O) groups excluding carboxylic acids is 1. The van der Waals surface area contributed by atoms with Gasteiger partial charge in [-0.1, -0.05) is 11.3 Å². The van der Waals surface area contributed by atoms with E-state index in [0.717, 1.165) is 5.69 Å². The van der Waals surface area contributed by atoms with Crippen molar-refractivity contribution in [3.63, 3.8) is 0 Å². The fraction of sp³-hybridized carbons (Fsp3) is 0.200. The zero-order valence-corrected chi connectivity index (χ0v) is 6.14. The molecular weight excluding hydrogens is 152 g/mol. The minimum Gasteiger partial charge on any atom is -0.381 e. The van der Waals surface area contributed by atoms with Crippen LogP contribution < -0.4 is 10.5 Å². The van der Waals surface area contributed by atoms with Crippen molar-refractivity contribution in [2.24, 2.45) is 5.73 Å². The summed E-state index contributed by atoms with van der Waals surface area (Å²) in [6, 6.07) is 0. The highest BCUT2D eigenvalue weighted by molar-refractivity contribution is 7.11. The highest BCUT2D eigenvalue weighted by atomic mass is 32.1. The lowest BCUT2D eigenvalue weighted by Gasteiger charge is -1.90. The minimum atomic E-state index is -0.825. The van der Waals surface area contributed by atoms with Gasteiger partial charge in [-0.15, -0.1) is 0 Å². The maximum absolute atomic E-state index is 10.1. The number of amides is 1. The molecule has 1 rings (SSSR count). The molecule has 0 aromatic carbocycles. The first-order valence-corrected chi connectivity index (χ1v) is 3.46. The predicted octanol–water partition coefficient (Wildman–Crippen LogP) is 0.909. The molecule has 1 aromatic heterocycles. The molecule has 0 aliphatic heterocycles. The van der Waals surface area contributed by atoms with Crippen LogP contribution in [0, 0.1) is 6.92 Å². The van der Waals surface area contributed by atoms with E-state index in [1.807, 2.05) is 6.92 Å². The van der Waals surface area contributed by atoms with Crippen molar-refractivity contribution in [3.05, 3.63) is 11.1 Å². The van der Waals surface area contributed by atoms with Crippen LogP contribution in [-0.2, 0) is 0 Å². The normalized spacial score (nSPS) is 9.30. The number of hydrogen-bond donors (Lipinski definition) is 1. The van der Waals surface area contributed by atoms with Crippen LogP contribution in [0.25, 0.3) is 0 Å². The number of hydrogen-bond acceptors (Lipinski definition) is 4. The van der Waals surface area contributed by atoms with Crippen LogP contribution in [0.3, 0.4) is 0 Å². The van der Waals surface area contributed by atoms with Gasteiger partial charge in [-0.2, -0.15) is 0 Å². The summed E-state index contributed by atoms with van der Waals surface area (Å²) in [4.78, 5) is 14.0. The van der Waals surface area contributed by atoms with Gasteiger partial charge in [-0.3, -0.25) is 0 Å². The maximum atomic E-state index is 10.1. The van der Waals surface area contributed by atoms with E-state index in [0.29, 0.717) is 5.19 Å². The molecule has 0 bridgehead atoms. The van der Waals surface area contributed by atoms with Crippen LogP contribution >= 0.6 is 11.3 Å². The summed E-state index contributed by atoms with van der Waals surface area (Å²) >= 11 is 1.24. The van der Waals surface area contributed by atoms with Crippen LogP contribution in [0.4, 0.5) is 4.79 Å². The molecule has 2 N–H and O–H groups in total. The lowest BCUT2D eigenvalue weighted by atomic mass is 10.6. The highest BCUT2D eigenvalue weighted by Crippen LogP contribution is 2.16. The number of aryl methyl sites for hydroxylation is 1. The molecule has 10 heavy (non-hydrogen) atoms. The molecule has 0 radical (unpaired) electrons. The van der Waals surface area contributed by atoms with Gasteiger partial charge in [-0.25, -0.2) is 9.78 Å². The Morgan fingerprint density at radius 3 is 3.00 bits per heavy atom. The Bertz CT molecular complexity index is 246. The van der Waals surface area contributed by atoms with E-state index in [9.17, 15) is 4.79 Å². The van der Waals surface area contributed by atoms with Crippen LogP contribution in [0.5, 0.6) is 5.19 Å². The van der Waals surface area contributed by atoms with Crippen LogP contribution in [0.2, 0.25) is 0 Å². The molecule has 1 heterocycles. The summed E-state index contributed by atoms with van der Waals surface area (Å²) in [5.74, 6) is 0. The van der Waals surface area contributed by atoms with Gasteiger partial charge in [0.05, 0.1) is 5.69 Å². The first-order chi connectivity index (χ1) is 4.68. The lowest BCUT2D eigenvalue weighted by molar-refractivity contribution is 0.210. The van der Waals surface area contributed by atoms with Gasteiger partial charge in [0.25, 0.3) is 5.19 Å². The van der Waals surface area contributed by atoms with Gasteiger partial charge in [0.1, 0.15) is 0 Å². The standard InChI is InChI=1S/C5H6N2O2S/c1-3-2-10-5(7-3)9-4(6)8/h2H,1H3,(H2,6,8). The number of carbonyl (C=O) groups is 1. The average Bonchev–Trinajstić information content (AvgIpc) is 2.13. The summed E-state index contributed by atoms with van der Waals surface area (Å²) in [6.07, 6.45) is -0.825. The molecule has 1 aromatic rings. The Hall–Kier alpha value is -1.10. The topological polar surface area (TPSA) is 65.2 Å². The van der Waals surface area contributed by atoms with Crippen molar-refractivity contribution in [1.29, 1.82) is 0 Å². The second-order valence-electron chi connectivity index (χ2n) is 1.68. The average molecular weight is 158 g/mol. The monoisotopic (exact) mass is 158 g/mol. The van der Waals surface area contributed by atoms with E-state index in [2.05, 4.69) is 9.72 Å². The third kappa shape index (κ3) is 1.70. The SMILES string of the molecule is Cc1csc(OC(N)=O)n1. The first kappa shape index (κ1) is 7.01. The molecule has 0 fully saturated rings. The number of thiazole rings is 1. The van der Waals surface area contributed by atoms with Crippen molar-refractivity contribution in [2.45, 2.75) is 6.92 Å². The third-order valence-electron chi connectivity index (χ3n) is 0.786. The molecule has 0 aliphatic rings. The van der Waals surface area contributed by atoms with E-state index in [1.165, 1.54) is 11.3 Å². The Balaban J connectivity index is 2.67. The number of ether oxygens (including phenoxy) is 1. The molecule has 0 atom stereocenters. The molecule has 0 unspecified atom stereocenters. The molecule has 0 spiro atoms. The number of nitrogens with zero attached hydrogens (tertiary/aromatic N) is 1. The number of nitrogens with two attached hydrogens (primary N) is 1. The van der Waals surface area contributed by atoms with E-state index >= 15 is 0 Å². The molecule has 5 heteroatoms. The fourth-order valence-corrected chi connectivity index (χ4v) is 1.12. The molecule has 0 aliphatic carbocycles. The first-order valence-electron chi connectivity index (χ1n) is 2.58. The molecule has 0 saturated carbocycles. The predicted molar refractivity (Wildman–Crippen MR) is 37.1 cm³/mol. The van der Waals surface area contributed by atoms with Crippen molar-refractivity contribution < 1.29 is 9.53 Å². The van der Waals surface area contributed by atoms with Crippen molar-refractivity contribution >= 4 is 17.4 Å². The van der Waals surface area contributed by atoms with Crippen LogP contribution in [0.15, 0.2) is 5.38 Å². The Kier molecular flexibility index (Phi) is 1.86. The molecule has 0 saturated heterocycles. The van der Waals surface area contributed by atoms with Crippen LogP contribution in [0.1, 0.15) is 5.69 Å². The highest BCUT2D eigenvalue weighted by Gasteiger charge is 2.01. The minimum absolute atomic E-state index is 0.296. The third-order valence-corrected chi connectivity index (χ3v) is 1.62. The van der Waals surface area contributed by atoms with Gasteiger partial charge in [0.15, 0.2) is 0 Å². The number of primary amides is 1. The van der Waals surface area contributed by atoms with Crippen molar-refractivity contribution in [3.8, 4) is 5.19 Å². The second-order valence-corrected chi connectivity index (χ2v) is 2.50. The zero-order valence-electron chi connectivity index (χ0n) is 5.33. The van der Waals surface area contributed by atoms with Gasteiger partial charge < -0.3 is 10.5 Å². The fourth-order valence-electron chi connectivity index (χ4n) is 0.465. The van der Waals surface area contributed by atoms with Crippen molar-refractivity contribution in [1.82, 2.24) is 4.98 Å². The van der Waals surface area contributed by atoms with E-state index < -0.39 is 6.09 Å². The van der Waals surface area contributed by atoms with E-state index in [1.54, 1.807) is 5.38 Å². The largest absolute Gasteiger partial charge is 0.411 e. The smallest absolute Gasteiger partial charge is 0.381 e. The molecule has 1 amide bonds. The summed E-state index contributed by atoms with van der Waals surface area (Å²) in [6.45, 7) is 1.81. The zero-order chi connectivity index (χ0) is 7.56. The van der Waals surface area contributed by atoms with Crippen LogP contribution in [-0.4, -0.2) is 11.1 Å². The van der Waals surface area contributed by atoms with E-state index in [-0.39, 0.29) is 0 Å². The maximum Gasteiger partial charge on any atom is 0.411 e. The lowest BCUT2D eigenvalue weighted by Crippen LogP contribution is -2.15. The van der Waals surface area contributed by atoms with Crippen molar-refractivity contribution in [2.75, 3.05) is 0 Å². The Morgan fingerprint density at radius 1 is 1.90 bits per heavy atom. The summed E-state index contributed by atoms with van der Waals surface area (Å²) in [7, 11) is 0. The summed E-state index contributed by atoms with van der Waals surface area (Å²) in [5.41, 5.74) is 5.56. The summed E-state index contributed by atoms with van der Waals surface area (Å²) < 4.78 is 4.48. The van der Waals surface area contributed by atoms with Gasteiger partial charge >= 0.3 is 6.09 Å². The molecule has 54 valence electrons. The van der Waals surface area contributed by atoms with Gasteiger partial charge in [0, 0.05) is 5.38 Å². The Labute approximate surface area is 61.6 Å². The summed E-state index contributed by atoms with van der Waals surface area (Å²) in [5, 5.41) is 2.07. The molecule has 4 nitrogen and oxygen atoms in total.